The minimum atomic E-state index is -0.868. The Hall–Kier alpha value is -1.16. The SMILES string of the molecule is CCOC(OC)OC([C@H](CC1CCCCC1)NC(=O)OC(C)(C)C)[C@@H]1CN(CC)C(=S)O1. The third-order valence-corrected chi connectivity index (χ3v) is 6.19. The number of hydrogen-bond acceptors (Lipinski definition) is 7. The number of rotatable bonds is 11. The average molecular weight is 475 g/mol. The van der Waals surface area contributed by atoms with Gasteiger partial charge in [-0.15, -0.1) is 0 Å². The molecule has 0 spiro atoms. The van der Waals surface area contributed by atoms with Crippen molar-refractivity contribution in [2.45, 2.75) is 103 Å². The summed E-state index contributed by atoms with van der Waals surface area (Å²) in [4.78, 5) is 14.8. The molecule has 186 valence electrons. The minimum absolute atomic E-state index is 0.337. The lowest BCUT2D eigenvalue weighted by molar-refractivity contribution is -0.304. The van der Waals surface area contributed by atoms with Crippen LogP contribution in [-0.2, 0) is 23.7 Å². The molecule has 1 amide bonds. The molecule has 1 saturated carbocycles. The van der Waals surface area contributed by atoms with Gasteiger partial charge in [0.25, 0.3) is 11.7 Å². The highest BCUT2D eigenvalue weighted by Gasteiger charge is 2.42. The van der Waals surface area contributed by atoms with Crippen molar-refractivity contribution in [3.63, 3.8) is 0 Å². The van der Waals surface area contributed by atoms with E-state index in [1.54, 1.807) is 0 Å². The van der Waals surface area contributed by atoms with E-state index in [0.29, 0.717) is 24.2 Å². The fourth-order valence-corrected chi connectivity index (χ4v) is 4.67. The molecule has 1 aliphatic carbocycles. The summed E-state index contributed by atoms with van der Waals surface area (Å²) in [7, 11) is 1.54. The van der Waals surface area contributed by atoms with E-state index in [2.05, 4.69) is 5.32 Å². The number of nitrogens with one attached hydrogen (secondary N) is 1. The van der Waals surface area contributed by atoms with Crippen LogP contribution in [0.15, 0.2) is 0 Å². The van der Waals surface area contributed by atoms with Crippen LogP contribution in [0.4, 0.5) is 4.79 Å². The summed E-state index contributed by atoms with van der Waals surface area (Å²) in [5, 5.41) is 3.53. The Morgan fingerprint density at radius 3 is 2.47 bits per heavy atom. The molecule has 0 aromatic rings. The fourth-order valence-electron chi connectivity index (χ4n) is 4.35. The fraction of sp³-hybridized carbons (Fsp3) is 0.913. The van der Waals surface area contributed by atoms with E-state index in [9.17, 15) is 4.79 Å². The third kappa shape index (κ3) is 8.65. The third-order valence-electron chi connectivity index (χ3n) is 5.83. The average Bonchev–Trinajstić information content (AvgIpc) is 3.10. The van der Waals surface area contributed by atoms with E-state index in [4.69, 9.17) is 35.9 Å². The number of hydrogen-bond donors (Lipinski definition) is 1. The van der Waals surface area contributed by atoms with Gasteiger partial charge in [0.2, 0.25) is 0 Å². The van der Waals surface area contributed by atoms with Crippen molar-refractivity contribution >= 4 is 23.5 Å². The Bertz CT molecular complexity index is 594. The molecule has 1 N–H and O–H groups in total. The van der Waals surface area contributed by atoms with Gasteiger partial charge >= 0.3 is 6.09 Å². The van der Waals surface area contributed by atoms with Crippen LogP contribution in [0.5, 0.6) is 0 Å². The highest BCUT2D eigenvalue weighted by atomic mass is 32.1. The van der Waals surface area contributed by atoms with Crippen LogP contribution in [0.1, 0.15) is 73.1 Å². The maximum absolute atomic E-state index is 12.8. The number of methoxy groups -OCH3 is 1. The van der Waals surface area contributed by atoms with Crippen molar-refractivity contribution in [2.24, 2.45) is 5.92 Å². The van der Waals surface area contributed by atoms with Gasteiger partial charge < -0.3 is 33.9 Å². The second-order valence-electron chi connectivity index (χ2n) is 9.53. The van der Waals surface area contributed by atoms with Crippen molar-refractivity contribution in [2.75, 3.05) is 26.8 Å². The molecule has 4 atom stereocenters. The molecule has 1 aliphatic heterocycles. The Labute approximate surface area is 198 Å². The molecule has 1 heterocycles. The quantitative estimate of drug-likeness (QED) is 0.352. The molecule has 2 rings (SSSR count). The largest absolute Gasteiger partial charge is 0.463 e. The molecule has 2 aliphatic rings. The topological polar surface area (TPSA) is 78.5 Å². The highest BCUT2D eigenvalue weighted by molar-refractivity contribution is 7.80. The lowest BCUT2D eigenvalue weighted by atomic mass is 9.83. The first-order valence-electron chi connectivity index (χ1n) is 11.9. The van der Waals surface area contributed by atoms with Crippen molar-refractivity contribution < 1.29 is 28.5 Å². The van der Waals surface area contributed by atoms with E-state index < -0.39 is 24.3 Å². The van der Waals surface area contributed by atoms with Crippen molar-refractivity contribution in [3.05, 3.63) is 0 Å². The summed E-state index contributed by atoms with van der Waals surface area (Å²) < 4.78 is 28.9. The van der Waals surface area contributed by atoms with Gasteiger partial charge in [-0.3, -0.25) is 0 Å². The van der Waals surface area contributed by atoms with Crippen molar-refractivity contribution in [1.29, 1.82) is 0 Å². The van der Waals surface area contributed by atoms with Gasteiger partial charge in [-0.1, -0.05) is 32.1 Å². The maximum atomic E-state index is 12.8. The number of likely N-dealkylation sites (N-methyl/N-ethyl adjacent to an activating group) is 1. The number of ether oxygens (including phenoxy) is 5. The first kappa shape index (κ1) is 27.1. The smallest absolute Gasteiger partial charge is 0.407 e. The summed E-state index contributed by atoms with van der Waals surface area (Å²) in [6.07, 6.45) is 5.40. The second-order valence-corrected chi connectivity index (χ2v) is 9.88. The normalized spacial score (nSPS) is 22.9. The van der Waals surface area contributed by atoms with E-state index in [1.807, 2.05) is 39.5 Å². The first-order chi connectivity index (χ1) is 15.2. The van der Waals surface area contributed by atoms with Crippen LogP contribution < -0.4 is 5.32 Å². The predicted octanol–water partition coefficient (Wildman–Crippen LogP) is 4.21. The summed E-state index contributed by atoms with van der Waals surface area (Å²) >= 11 is 5.41. The zero-order chi connectivity index (χ0) is 23.7. The lowest BCUT2D eigenvalue weighted by Gasteiger charge is -2.36. The van der Waals surface area contributed by atoms with Crippen LogP contribution in [-0.4, -0.2) is 73.3 Å². The molecule has 1 saturated heterocycles. The Kier molecular flexibility index (Phi) is 10.9. The van der Waals surface area contributed by atoms with Gasteiger partial charge in [0.05, 0.1) is 12.6 Å². The van der Waals surface area contributed by atoms with E-state index in [1.165, 1.54) is 26.4 Å². The zero-order valence-corrected chi connectivity index (χ0v) is 21.4. The van der Waals surface area contributed by atoms with Crippen LogP contribution in [0, 0.1) is 5.92 Å². The standard InChI is InChI=1S/C23H42N2O6S/c1-7-25-15-18(29-21(25)32)19(30-22(27-6)28-8-2)17(14-16-12-10-9-11-13-16)24-20(26)31-23(3,4)5/h16-19,22H,7-15H2,1-6H3,(H,24,26)/t17-,18-,19?,22?/m0/s1. The molecular weight excluding hydrogens is 432 g/mol. The van der Waals surface area contributed by atoms with Crippen LogP contribution in [0.2, 0.25) is 0 Å². The predicted molar refractivity (Wildman–Crippen MR) is 126 cm³/mol. The summed E-state index contributed by atoms with van der Waals surface area (Å²) in [5.41, 5.74) is -0.597. The molecule has 0 aromatic carbocycles. The molecule has 32 heavy (non-hydrogen) atoms. The summed E-state index contributed by atoms with van der Waals surface area (Å²) in [5.74, 6) is 0.499. The summed E-state index contributed by atoms with van der Waals surface area (Å²) in [6, 6.07) is -0.337. The zero-order valence-electron chi connectivity index (χ0n) is 20.6. The van der Waals surface area contributed by atoms with Gasteiger partial charge in [-0.05, 0) is 59.2 Å². The van der Waals surface area contributed by atoms with Gasteiger partial charge in [0, 0.05) is 20.3 Å². The molecule has 9 heteroatoms. The monoisotopic (exact) mass is 474 g/mol. The molecule has 0 aromatic heterocycles. The maximum Gasteiger partial charge on any atom is 0.407 e. The molecule has 0 bridgehead atoms. The van der Waals surface area contributed by atoms with Gasteiger partial charge in [-0.25, -0.2) is 4.79 Å². The van der Waals surface area contributed by atoms with Crippen molar-refractivity contribution in [1.82, 2.24) is 10.2 Å². The molecular formula is C23H42N2O6S. The van der Waals surface area contributed by atoms with Crippen LogP contribution >= 0.6 is 12.2 Å². The second kappa shape index (κ2) is 12.9. The Morgan fingerprint density at radius 1 is 1.25 bits per heavy atom. The van der Waals surface area contributed by atoms with Gasteiger partial charge in [-0.2, -0.15) is 0 Å². The highest BCUT2D eigenvalue weighted by Crippen LogP contribution is 2.31. The minimum Gasteiger partial charge on any atom is -0.463 e. The number of carbonyl (C=O) groups is 1. The molecule has 2 unspecified atom stereocenters. The van der Waals surface area contributed by atoms with Crippen molar-refractivity contribution in [3.8, 4) is 0 Å². The van der Waals surface area contributed by atoms with Gasteiger partial charge in [0.1, 0.15) is 17.8 Å². The molecule has 0 radical (unpaired) electrons. The van der Waals surface area contributed by atoms with E-state index >= 15 is 0 Å². The summed E-state index contributed by atoms with van der Waals surface area (Å²) in [6.45, 7) is 10.4. The number of thiocarbonyl (C=S) groups is 1. The number of nitrogens with zero attached hydrogens (tertiary/aromatic N) is 1. The number of carbonyl (C=O) groups excluding carboxylic acids is 1. The molecule has 2 fully saturated rings. The number of alkyl carbamates (subject to hydrolysis) is 1. The van der Waals surface area contributed by atoms with E-state index in [-0.39, 0.29) is 12.1 Å². The van der Waals surface area contributed by atoms with Gasteiger partial charge in [0.15, 0.2) is 0 Å². The lowest BCUT2D eigenvalue weighted by Crippen LogP contribution is -2.54. The first-order valence-corrected chi connectivity index (χ1v) is 12.3. The van der Waals surface area contributed by atoms with Crippen LogP contribution in [0.3, 0.4) is 0 Å². The Balaban J connectivity index is 2.27. The van der Waals surface area contributed by atoms with E-state index in [0.717, 1.165) is 25.8 Å². The number of amides is 1. The Morgan fingerprint density at radius 2 is 1.94 bits per heavy atom. The van der Waals surface area contributed by atoms with Crippen LogP contribution in [0.25, 0.3) is 0 Å². The molecule has 8 nitrogen and oxygen atoms in total.